The minimum absolute atomic E-state index is 0.0161. The van der Waals surface area contributed by atoms with Crippen LogP contribution in [0.15, 0.2) is 36.7 Å². The maximum Gasteiger partial charge on any atom is 0.422 e. The molecule has 26 heavy (non-hydrogen) atoms. The van der Waals surface area contributed by atoms with E-state index in [-0.39, 0.29) is 30.2 Å². The number of nitrogens with one attached hydrogen (secondary N) is 1. The van der Waals surface area contributed by atoms with E-state index in [1.54, 1.807) is 18.3 Å². The molecule has 138 valence electrons. The minimum atomic E-state index is -4.45. The summed E-state index contributed by atoms with van der Waals surface area (Å²) < 4.78 is 40.7. The first-order valence-corrected chi connectivity index (χ1v) is 7.60. The first-order valence-electron chi connectivity index (χ1n) is 7.60. The van der Waals surface area contributed by atoms with Crippen molar-refractivity contribution in [3.63, 3.8) is 0 Å². The van der Waals surface area contributed by atoms with Crippen LogP contribution in [0, 0.1) is 0 Å². The number of nitrogens with zero attached hydrogens (tertiary/aromatic N) is 2. The molecule has 0 aliphatic heterocycles. The van der Waals surface area contributed by atoms with Crippen LogP contribution in [0.1, 0.15) is 28.5 Å². The fourth-order valence-electron chi connectivity index (χ4n) is 2.03. The maximum absolute atomic E-state index is 12.1. The largest absolute Gasteiger partial charge is 0.468 e. The van der Waals surface area contributed by atoms with E-state index in [1.165, 1.54) is 19.1 Å². The second-order valence-electron chi connectivity index (χ2n) is 5.51. The Kier molecular flexibility index (Phi) is 6.26. The third-order valence-electron chi connectivity index (χ3n) is 3.15. The van der Waals surface area contributed by atoms with E-state index in [9.17, 15) is 22.8 Å². The van der Waals surface area contributed by atoms with Crippen LogP contribution < -0.4 is 10.1 Å². The number of Topliss-reactive ketones (excluding diaryl/α,β-unsaturated/α-hetero) is 1. The molecule has 0 saturated heterocycles. The van der Waals surface area contributed by atoms with E-state index in [2.05, 4.69) is 20.0 Å². The van der Waals surface area contributed by atoms with Gasteiger partial charge in [0.2, 0.25) is 5.88 Å². The molecule has 2 heterocycles. The highest BCUT2D eigenvalue weighted by Crippen LogP contribution is 2.17. The summed E-state index contributed by atoms with van der Waals surface area (Å²) >= 11 is 0. The van der Waals surface area contributed by atoms with Gasteiger partial charge in [-0.05, 0) is 30.7 Å². The van der Waals surface area contributed by atoms with Crippen LogP contribution in [-0.2, 0) is 17.8 Å². The molecule has 2 aromatic heterocycles. The highest BCUT2D eigenvalue weighted by molar-refractivity contribution is 5.93. The number of carbonyl (C=O) groups excluding carboxylic acids is 2. The smallest absolute Gasteiger partial charge is 0.422 e. The van der Waals surface area contributed by atoms with Crippen LogP contribution in [0.25, 0.3) is 0 Å². The topological polar surface area (TPSA) is 81.2 Å². The highest BCUT2D eigenvalue weighted by Gasteiger charge is 2.28. The Morgan fingerprint density at radius 2 is 1.96 bits per heavy atom. The monoisotopic (exact) mass is 367 g/mol. The molecule has 0 radical (unpaired) electrons. The predicted octanol–water partition coefficient (Wildman–Crippen LogP) is 2.48. The van der Waals surface area contributed by atoms with Gasteiger partial charge in [0.25, 0.3) is 5.91 Å². The number of aromatic nitrogens is 2. The Labute approximate surface area is 147 Å². The molecule has 0 unspecified atom stereocenters. The lowest BCUT2D eigenvalue weighted by atomic mass is 10.1. The first kappa shape index (κ1) is 19.4. The van der Waals surface area contributed by atoms with Crippen LogP contribution in [0.5, 0.6) is 5.88 Å². The fraction of sp³-hybridized carbons (Fsp3) is 0.294. The molecule has 0 bridgehead atoms. The highest BCUT2D eigenvalue weighted by atomic mass is 19.4. The third kappa shape index (κ3) is 6.50. The first-order chi connectivity index (χ1) is 12.2. The van der Waals surface area contributed by atoms with Crippen molar-refractivity contribution in [3.05, 3.63) is 53.5 Å². The molecule has 0 aliphatic carbocycles. The number of hydrogen-bond donors (Lipinski definition) is 1. The Hall–Kier alpha value is -2.97. The van der Waals surface area contributed by atoms with E-state index in [1.807, 2.05) is 0 Å². The minimum Gasteiger partial charge on any atom is -0.468 e. The van der Waals surface area contributed by atoms with Crippen molar-refractivity contribution in [3.8, 4) is 5.88 Å². The van der Waals surface area contributed by atoms with Gasteiger partial charge in [-0.3, -0.25) is 14.6 Å². The fourth-order valence-corrected chi connectivity index (χ4v) is 2.03. The third-order valence-corrected chi connectivity index (χ3v) is 3.15. The van der Waals surface area contributed by atoms with Gasteiger partial charge in [0.15, 0.2) is 6.61 Å². The van der Waals surface area contributed by atoms with Gasteiger partial charge >= 0.3 is 6.18 Å². The van der Waals surface area contributed by atoms with Gasteiger partial charge in [0.05, 0.1) is 5.56 Å². The van der Waals surface area contributed by atoms with E-state index < -0.39 is 18.7 Å². The molecular formula is C17H16F3N3O3. The van der Waals surface area contributed by atoms with Crippen LogP contribution in [0.2, 0.25) is 0 Å². The SMILES string of the molecule is CC(=O)Cc1cc(CNC(=O)c2ccc(OCC(F)(F)F)nc2)ccn1. The zero-order valence-electron chi connectivity index (χ0n) is 13.8. The molecule has 2 aromatic rings. The van der Waals surface area contributed by atoms with E-state index in [0.717, 1.165) is 11.8 Å². The lowest BCUT2D eigenvalue weighted by molar-refractivity contribution is -0.154. The molecule has 1 amide bonds. The zero-order chi connectivity index (χ0) is 19.2. The van der Waals surface area contributed by atoms with E-state index >= 15 is 0 Å². The number of ether oxygens (including phenoxy) is 1. The zero-order valence-corrected chi connectivity index (χ0v) is 13.8. The number of amides is 1. The van der Waals surface area contributed by atoms with Crippen LogP contribution >= 0.6 is 0 Å². The molecule has 0 spiro atoms. The van der Waals surface area contributed by atoms with Crippen LogP contribution in [0.4, 0.5) is 13.2 Å². The van der Waals surface area contributed by atoms with Crippen LogP contribution in [-0.4, -0.2) is 34.4 Å². The Bertz CT molecular complexity index is 777. The van der Waals surface area contributed by atoms with Gasteiger partial charge in [-0.1, -0.05) is 0 Å². The number of ketones is 1. The number of halogens is 3. The lowest BCUT2D eigenvalue weighted by Crippen LogP contribution is -2.23. The van der Waals surface area contributed by atoms with Crippen molar-refractivity contribution in [1.29, 1.82) is 0 Å². The number of rotatable bonds is 7. The Balaban J connectivity index is 1.90. The molecular weight excluding hydrogens is 351 g/mol. The average Bonchev–Trinajstić information content (AvgIpc) is 2.57. The van der Waals surface area contributed by atoms with Gasteiger partial charge in [-0.15, -0.1) is 0 Å². The van der Waals surface area contributed by atoms with Crippen molar-refractivity contribution in [2.45, 2.75) is 26.1 Å². The summed E-state index contributed by atoms with van der Waals surface area (Å²) in [4.78, 5) is 30.9. The molecule has 9 heteroatoms. The number of carbonyl (C=O) groups is 2. The second kappa shape index (κ2) is 8.41. The summed E-state index contributed by atoms with van der Waals surface area (Å²) in [5.74, 6) is -0.677. The number of alkyl halides is 3. The molecule has 0 fully saturated rings. The standard InChI is InChI=1S/C17H16F3N3O3/c1-11(24)6-14-7-12(4-5-21-14)8-23-16(25)13-2-3-15(22-9-13)26-10-17(18,19)20/h2-5,7,9H,6,8,10H2,1H3,(H,23,25). The molecule has 2 rings (SSSR count). The quantitative estimate of drug-likeness (QED) is 0.813. The van der Waals surface area contributed by atoms with Gasteiger partial charge in [0.1, 0.15) is 5.78 Å². The summed E-state index contributed by atoms with van der Waals surface area (Å²) in [7, 11) is 0. The van der Waals surface area contributed by atoms with E-state index in [0.29, 0.717) is 5.69 Å². The Morgan fingerprint density at radius 3 is 2.58 bits per heavy atom. The summed E-state index contributed by atoms with van der Waals surface area (Å²) in [6.45, 7) is 0.222. The maximum atomic E-state index is 12.1. The van der Waals surface area contributed by atoms with Crippen LogP contribution in [0.3, 0.4) is 0 Å². The van der Waals surface area contributed by atoms with Crippen molar-refractivity contribution < 1.29 is 27.5 Å². The molecule has 0 aliphatic rings. The van der Waals surface area contributed by atoms with E-state index in [4.69, 9.17) is 0 Å². The molecule has 0 aromatic carbocycles. The molecule has 6 nitrogen and oxygen atoms in total. The number of hydrogen-bond acceptors (Lipinski definition) is 5. The summed E-state index contributed by atoms with van der Waals surface area (Å²) in [5.41, 5.74) is 1.56. The van der Waals surface area contributed by atoms with Gasteiger partial charge < -0.3 is 10.1 Å². The van der Waals surface area contributed by atoms with Crippen molar-refractivity contribution in [2.75, 3.05) is 6.61 Å². The predicted molar refractivity (Wildman–Crippen MR) is 85.6 cm³/mol. The van der Waals surface area contributed by atoms with Crippen molar-refractivity contribution in [1.82, 2.24) is 15.3 Å². The van der Waals surface area contributed by atoms with Crippen molar-refractivity contribution >= 4 is 11.7 Å². The van der Waals surface area contributed by atoms with Gasteiger partial charge in [-0.2, -0.15) is 13.2 Å². The Morgan fingerprint density at radius 1 is 1.19 bits per heavy atom. The summed E-state index contributed by atoms with van der Waals surface area (Å²) in [5, 5.41) is 2.66. The van der Waals surface area contributed by atoms with Crippen molar-refractivity contribution in [2.24, 2.45) is 0 Å². The van der Waals surface area contributed by atoms with Gasteiger partial charge in [0, 0.05) is 37.1 Å². The van der Waals surface area contributed by atoms with Gasteiger partial charge in [-0.25, -0.2) is 4.98 Å². The summed E-state index contributed by atoms with van der Waals surface area (Å²) in [6, 6.07) is 5.93. The molecule has 0 saturated carbocycles. The lowest BCUT2D eigenvalue weighted by Gasteiger charge is -2.09. The molecule has 0 atom stereocenters. The summed E-state index contributed by atoms with van der Waals surface area (Å²) in [6.07, 6.45) is -1.56. The second-order valence-corrected chi connectivity index (χ2v) is 5.51. The molecule has 1 N–H and O–H groups in total. The number of pyridine rings is 2. The average molecular weight is 367 g/mol. The normalized spacial score (nSPS) is 11.1.